The van der Waals surface area contributed by atoms with Crippen LogP contribution in [0.3, 0.4) is 0 Å². The molecule has 1 N–H and O–H groups in total. The topological polar surface area (TPSA) is 104 Å². The molecular weight excluding hydrogens is 435 g/mol. The molecule has 0 aliphatic carbocycles. The largest absolute Gasteiger partial charge is 0.496 e. The Balaban J connectivity index is 1.40. The molecule has 0 unspecified atom stereocenters. The van der Waals surface area contributed by atoms with Gasteiger partial charge in [0.25, 0.3) is 5.91 Å². The van der Waals surface area contributed by atoms with Crippen LogP contribution >= 0.6 is 11.3 Å². The fraction of sp³-hybridized carbons (Fsp3) is 0.190. The van der Waals surface area contributed by atoms with Crippen molar-refractivity contribution in [2.45, 2.75) is 20.1 Å². The number of carbonyl (C=O) groups is 1. The van der Waals surface area contributed by atoms with Gasteiger partial charge in [-0.05, 0) is 59.8 Å². The fourth-order valence-electron chi connectivity index (χ4n) is 2.93. The van der Waals surface area contributed by atoms with E-state index in [9.17, 15) is 9.18 Å². The van der Waals surface area contributed by atoms with E-state index in [4.69, 9.17) is 9.47 Å². The van der Waals surface area contributed by atoms with Gasteiger partial charge in [0.2, 0.25) is 0 Å². The molecule has 0 radical (unpaired) electrons. The van der Waals surface area contributed by atoms with Crippen LogP contribution in [0.4, 0.5) is 9.52 Å². The Kier molecular flexibility index (Phi) is 6.36. The van der Waals surface area contributed by atoms with Crippen molar-refractivity contribution in [1.82, 2.24) is 25.2 Å². The zero-order valence-corrected chi connectivity index (χ0v) is 18.1. The van der Waals surface area contributed by atoms with Crippen molar-refractivity contribution >= 4 is 22.4 Å². The molecule has 0 saturated carbocycles. The van der Waals surface area contributed by atoms with Crippen LogP contribution in [0.2, 0.25) is 0 Å². The van der Waals surface area contributed by atoms with Gasteiger partial charge < -0.3 is 9.47 Å². The molecular formula is C21H19FN6O3S. The number of amides is 1. The smallest absolute Gasteiger partial charge is 0.257 e. The van der Waals surface area contributed by atoms with Crippen LogP contribution in [-0.2, 0) is 13.2 Å². The molecule has 2 heterocycles. The summed E-state index contributed by atoms with van der Waals surface area (Å²) in [4.78, 5) is 17.0. The summed E-state index contributed by atoms with van der Waals surface area (Å²) >= 11 is 1.24. The second-order valence-electron chi connectivity index (χ2n) is 6.56. The van der Waals surface area contributed by atoms with Crippen LogP contribution in [0.5, 0.6) is 11.5 Å². The third-order valence-electron chi connectivity index (χ3n) is 4.55. The monoisotopic (exact) mass is 454 g/mol. The van der Waals surface area contributed by atoms with Crippen LogP contribution in [0, 0.1) is 5.82 Å². The van der Waals surface area contributed by atoms with Gasteiger partial charge in [-0.1, -0.05) is 0 Å². The molecule has 0 spiro atoms. The number of nitrogens with one attached hydrogen (secondary N) is 1. The molecule has 32 heavy (non-hydrogen) atoms. The molecule has 4 aromatic rings. The lowest BCUT2D eigenvalue weighted by molar-refractivity contribution is 0.102. The number of hydrogen-bond acceptors (Lipinski definition) is 8. The number of nitrogens with zero attached hydrogens (tertiary/aromatic N) is 5. The Labute approximate surface area is 186 Å². The summed E-state index contributed by atoms with van der Waals surface area (Å²) < 4.78 is 26.2. The number of aryl methyl sites for hydroxylation is 1. The first-order valence-electron chi connectivity index (χ1n) is 9.66. The maximum atomic E-state index is 13.6. The molecule has 0 aliphatic rings. The molecule has 2 aromatic carbocycles. The quantitative estimate of drug-likeness (QED) is 0.432. The number of halogens is 1. The van der Waals surface area contributed by atoms with E-state index >= 15 is 0 Å². The van der Waals surface area contributed by atoms with Crippen molar-refractivity contribution in [2.75, 3.05) is 12.4 Å². The number of ether oxygens (including phenoxy) is 2. The summed E-state index contributed by atoms with van der Waals surface area (Å²) in [7, 11) is 1.50. The number of aromatic nitrogens is 5. The van der Waals surface area contributed by atoms with Crippen molar-refractivity contribution in [2.24, 2.45) is 0 Å². The van der Waals surface area contributed by atoms with E-state index in [1.54, 1.807) is 34.3 Å². The molecule has 11 heteroatoms. The van der Waals surface area contributed by atoms with Crippen molar-refractivity contribution in [1.29, 1.82) is 0 Å². The van der Waals surface area contributed by atoms with Crippen LogP contribution in [0.25, 0.3) is 11.3 Å². The van der Waals surface area contributed by atoms with Crippen LogP contribution < -0.4 is 14.8 Å². The van der Waals surface area contributed by atoms with Crippen molar-refractivity contribution in [3.63, 3.8) is 0 Å². The standard InChI is InChI=1S/C21H19FN6O3S/c1-3-28-19(25-26-27-28)11-31-15-7-4-13(5-8-15)20(29)24-21-23-17(12-32-21)16-10-14(22)6-9-18(16)30-2/h4-10,12H,3,11H2,1-2H3,(H,23,24,29). The van der Waals surface area contributed by atoms with Crippen molar-refractivity contribution in [3.8, 4) is 22.8 Å². The molecule has 0 saturated heterocycles. The summed E-state index contributed by atoms with van der Waals surface area (Å²) in [5, 5.41) is 16.3. The summed E-state index contributed by atoms with van der Waals surface area (Å²) in [6.45, 7) is 2.81. The lowest BCUT2D eigenvalue weighted by Gasteiger charge is -2.07. The van der Waals surface area contributed by atoms with Gasteiger partial charge in [-0.15, -0.1) is 16.4 Å². The highest BCUT2D eigenvalue weighted by Crippen LogP contribution is 2.33. The molecule has 0 fully saturated rings. The van der Waals surface area contributed by atoms with Crippen molar-refractivity contribution < 1.29 is 18.7 Å². The lowest BCUT2D eigenvalue weighted by atomic mass is 10.1. The molecule has 164 valence electrons. The number of thiazole rings is 1. The number of benzene rings is 2. The first kappa shape index (κ1) is 21.4. The van der Waals surface area contributed by atoms with Gasteiger partial charge >= 0.3 is 0 Å². The van der Waals surface area contributed by atoms with E-state index in [1.807, 2.05) is 6.92 Å². The summed E-state index contributed by atoms with van der Waals surface area (Å²) in [6.07, 6.45) is 0. The zero-order chi connectivity index (χ0) is 22.5. The maximum absolute atomic E-state index is 13.6. The predicted octanol–water partition coefficient (Wildman–Crippen LogP) is 3.80. The average molecular weight is 454 g/mol. The Morgan fingerprint density at radius 1 is 1.22 bits per heavy atom. The summed E-state index contributed by atoms with van der Waals surface area (Å²) in [5.41, 5.74) is 1.47. The highest BCUT2D eigenvalue weighted by Gasteiger charge is 2.14. The minimum Gasteiger partial charge on any atom is -0.496 e. The van der Waals surface area contributed by atoms with E-state index in [2.05, 4.69) is 25.8 Å². The Bertz CT molecular complexity index is 1220. The molecule has 4 rings (SSSR count). The lowest BCUT2D eigenvalue weighted by Crippen LogP contribution is -2.11. The van der Waals surface area contributed by atoms with E-state index in [0.717, 1.165) is 0 Å². The minimum absolute atomic E-state index is 0.220. The number of rotatable bonds is 8. The molecule has 0 aliphatic heterocycles. The zero-order valence-electron chi connectivity index (χ0n) is 17.3. The fourth-order valence-corrected chi connectivity index (χ4v) is 3.63. The normalized spacial score (nSPS) is 10.7. The van der Waals surface area contributed by atoms with Crippen LogP contribution in [-0.4, -0.2) is 38.2 Å². The van der Waals surface area contributed by atoms with E-state index < -0.39 is 5.82 Å². The molecule has 9 nitrogen and oxygen atoms in total. The molecule has 0 bridgehead atoms. The third kappa shape index (κ3) is 4.72. The third-order valence-corrected chi connectivity index (χ3v) is 5.31. The highest BCUT2D eigenvalue weighted by atomic mass is 32.1. The Morgan fingerprint density at radius 2 is 2.03 bits per heavy atom. The second-order valence-corrected chi connectivity index (χ2v) is 7.42. The van der Waals surface area contributed by atoms with Gasteiger partial charge in [-0.2, -0.15) is 0 Å². The molecule has 0 atom stereocenters. The number of tetrazole rings is 1. The molecule has 2 aromatic heterocycles. The predicted molar refractivity (Wildman–Crippen MR) is 116 cm³/mol. The maximum Gasteiger partial charge on any atom is 0.257 e. The SMILES string of the molecule is CCn1nnnc1COc1ccc(C(=O)Nc2nc(-c3cc(F)ccc3OC)cs2)cc1. The number of hydrogen-bond donors (Lipinski definition) is 1. The van der Waals surface area contributed by atoms with Gasteiger partial charge in [0, 0.05) is 23.1 Å². The van der Waals surface area contributed by atoms with Gasteiger partial charge in [0.05, 0.1) is 12.8 Å². The second kappa shape index (κ2) is 9.52. The van der Waals surface area contributed by atoms with E-state index in [1.165, 1.54) is 36.6 Å². The first-order valence-corrected chi connectivity index (χ1v) is 10.5. The summed E-state index contributed by atoms with van der Waals surface area (Å²) in [6, 6.07) is 10.9. The average Bonchev–Trinajstić information content (AvgIpc) is 3.47. The van der Waals surface area contributed by atoms with Crippen LogP contribution in [0.1, 0.15) is 23.1 Å². The first-order chi connectivity index (χ1) is 15.6. The van der Waals surface area contributed by atoms with Gasteiger partial charge in [-0.3, -0.25) is 10.1 Å². The van der Waals surface area contributed by atoms with E-state index in [0.29, 0.717) is 45.8 Å². The van der Waals surface area contributed by atoms with Crippen molar-refractivity contribution in [3.05, 3.63) is 65.0 Å². The Morgan fingerprint density at radius 3 is 2.78 bits per heavy atom. The highest BCUT2D eigenvalue weighted by molar-refractivity contribution is 7.14. The Hall–Kier alpha value is -3.86. The van der Waals surface area contributed by atoms with Gasteiger partial charge in [0.15, 0.2) is 11.0 Å². The summed E-state index contributed by atoms with van der Waals surface area (Å²) in [5.74, 6) is 0.982. The van der Waals surface area contributed by atoms with Crippen LogP contribution in [0.15, 0.2) is 47.8 Å². The van der Waals surface area contributed by atoms with Gasteiger partial charge in [0.1, 0.15) is 23.9 Å². The molecule has 1 amide bonds. The van der Waals surface area contributed by atoms with E-state index in [-0.39, 0.29) is 12.5 Å². The number of carbonyl (C=O) groups excluding carboxylic acids is 1. The number of anilines is 1. The van der Waals surface area contributed by atoms with Gasteiger partial charge in [-0.25, -0.2) is 14.1 Å². The minimum atomic E-state index is -0.395. The number of methoxy groups -OCH3 is 1.